The van der Waals surface area contributed by atoms with Gasteiger partial charge in [0.15, 0.2) is 0 Å². The standard InChI is InChI=1S/C8H10BN4O4/c1-8(2,3)12-5(14)11-6(15)13(7(12)16)9-17-4-10/h1-3H3,(H,11,14,15). The van der Waals surface area contributed by atoms with Gasteiger partial charge in [0.25, 0.3) is 6.26 Å². The number of hydrogen-bond acceptors (Lipinski definition) is 5. The molecule has 0 fully saturated rings. The average Bonchev–Trinajstić information content (AvgIpc) is 2.14. The first-order valence-corrected chi connectivity index (χ1v) is 4.65. The fourth-order valence-corrected chi connectivity index (χ4v) is 1.25. The van der Waals surface area contributed by atoms with Crippen LogP contribution in [0.15, 0.2) is 14.4 Å². The van der Waals surface area contributed by atoms with E-state index in [0.29, 0.717) is 12.1 Å². The normalized spacial score (nSPS) is 10.7. The molecule has 0 bridgehead atoms. The van der Waals surface area contributed by atoms with Crippen molar-refractivity contribution in [1.82, 2.24) is 14.0 Å². The molecule has 0 unspecified atom stereocenters. The highest BCUT2D eigenvalue weighted by molar-refractivity contribution is 6.25. The Morgan fingerprint density at radius 2 is 1.88 bits per heavy atom. The second-order valence-electron chi connectivity index (χ2n) is 4.21. The van der Waals surface area contributed by atoms with Crippen LogP contribution in [0.1, 0.15) is 20.8 Å². The van der Waals surface area contributed by atoms with Crippen LogP contribution >= 0.6 is 0 Å². The van der Waals surface area contributed by atoms with Gasteiger partial charge in [-0.2, -0.15) is 5.26 Å². The van der Waals surface area contributed by atoms with E-state index in [1.807, 2.05) is 4.98 Å². The molecule has 17 heavy (non-hydrogen) atoms. The Labute approximate surface area is 96.4 Å². The van der Waals surface area contributed by atoms with Crippen LogP contribution in [0.25, 0.3) is 0 Å². The summed E-state index contributed by atoms with van der Waals surface area (Å²) in [6, 6.07) is 0. The van der Waals surface area contributed by atoms with Crippen molar-refractivity contribution in [2.24, 2.45) is 0 Å². The molecule has 1 rings (SSSR count). The van der Waals surface area contributed by atoms with Crippen molar-refractivity contribution in [2.45, 2.75) is 26.3 Å². The summed E-state index contributed by atoms with van der Waals surface area (Å²) in [5.74, 6) is 0. The Balaban J connectivity index is 3.57. The number of rotatable bonds is 2. The lowest BCUT2D eigenvalue weighted by molar-refractivity contribution is 0.350. The van der Waals surface area contributed by atoms with Crippen molar-refractivity contribution in [2.75, 3.05) is 0 Å². The molecule has 0 saturated heterocycles. The van der Waals surface area contributed by atoms with Crippen LogP contribution < -0.4 is 17.1 Å². The number of aromatic amines is 1. The fraction of sp³-hybridized carbons (Fsp3) is 0.500. The van der Waals surface area contributed by atoms with E-state index in [-0.39, 0.29) is 0 Å². The van der Waals surface area contributed by atoms with Gasteiger partial charge in [-0.3, -0.25) is 9.46 Å². The van der Waals surface area contributed by atoms with Gasteiger partial charge in [0.1, 0.15) is 0 Å². The molecule has 9 heteroatoms. The quantitative estimate of drug-likeness (QED) is 0.488. The summed E-state index contributed by atoms with van der Waals surface area (Å²) in [6.07, 6.45) is 1.29. The Morgan fingerprint density at radius 1 is 1.29 bits per heavy atom. The Kier molecular flexibility index (Phi) is 3.27. The molecule has 0 aliphatic rings. The van der Waals surface area contributed by atoms with Gasteiger partial charge in [0, 0.05) is 5.54 Å². The smallest absolute Gasteiger partial charge is 0.473 e. The van der Waals surface area contributed by atoms with Crippen LogP contribution in [0.2, 0.25) is 0 Å². The van der Waals surface area contributed by atoms with Crippen LogP contribution in [0.3, 0.4) is 0 Å². The molecule has 1 heterocycles. The number of nitrogens with zero attached hydrogens (tertiary/aromatic N) is 3. The lowest BCUT2D eigenvalue weighted by atomic mass is 10.1. The zero-order chi connectivity index (χ0) is 13.2. The van der Waals surface area contributed by atoms with E-state index in [1.165, 1.54) is 6.26 Å². The zero-order valence-corrected chi connectivity index (χ0v) is 9.55. The largest absolute Gasteiger partial charge is 0.545 e. The maximum Gasteiger partial charge on any atom is 0.545 e. The Bertz CT molecular complexity index is 627. The summed E-state index contributed by atoms with van der Waals surface area (Å²) >= 11 is 0. The Morgan fingerprint density at radius 3 is 2.35 bits per heavy atom. The summed E-state index contributed by atoms with van der Waals surface area (Å²) in [5.41, 5.74) is -3.45. The van der Waals surface area contributed by atoms with E-state index in [1.54, 1.807) is 20.8 Å². The van der Waals surface area contributed by atoms with E-state index < -0.39 is 22.6 Å². The highest BCUT2D eigenvalue weighted by Crippen LogP contribution is 2.05. The maximum atomic E-state index is 11.8. The van der Waals surface area contributed by atoms with Crippen molar-refractivity contribution < 1.29 is 4.65 Å². The van der Waals surface area contributed by atoms with Gasteiger partial charge in [-0.15, -0.1) is 0 Å². The number of aromatic nitrogens is 3. The summed E-state index contributed by atoms with van der Waals surface area (Å²) in [6.45, 7) is 4.89. The molecule has 0 aromatic carbocycles. The molecule has 1 radical (unpaired) electrons. The second-order valence-corrected chi connectivity index (χ2v) is 4.21. The van der Waals surface area contributed by atoms with Gasteiger partial charge in [-0.25, -0.2) is 19.0 Å². The minimum absolute atomic E-state index is 0.510. The minimum atomic E-state index is -0.962. The van der Waals surface area contributed by atoms with Crippen molar-refractivity contribution in [3.63, 3.8) is 0 Å². The van der Waals surface area contributed by atoms with Gasteiger partial charge in [0.2, 0.25) is 0 Å². The monoisotopic (exact) mass is 237 g/mol. The number of H-pyrrole nitrogens is 1. The number of hydrogen-bond donors (Lipinski definition) is 1. The first kappa shape index (κ1) is 12.8. The minimum Gasteiger partial charge on any atom is -0.473 e. The van der Waals surface area contributed by atoms with E-state index in [0.717, 1.165) is 4.57 Å². The first-order chi connectivity index (χ1) is 7.79. The highest BCUT2D eigenvalue weighted by Gasteiger charge is 2.21. The molecule has 1 aromatic heterocycles. The molecule has 89 valence electrons. The highest BCUT2D eigenvalue weighted by atomic mass is 16.4. The van der Waals surface area contributed by atoms with Gasteiger partial charge < -0.3 is 4.65 Å². The average molecular weight is 237 g/mol. The Hall–Kier alpha value is -2.24. The van der Waals surface area contributed by atoms with E-state index in [4.69, 9.17) is 5.26 Å². The van der Waals surface area contributed by atoms with E-state index in [9.17, 15) is 14.4 Å². The maximum absolute atomic E-state index is 11.8. The topological polar surface area (TPSA) is 110 Å². The molecule has 1 N–H and O–H groups in total. The van der Waals surface area contributed by atoms with Gasteiger partial charge in [-0.1, -0.05) is 0 Å². The molecule has 8 nitrogen and oxygen atoms in total. The molecule has 1 aromatic rings. The number of nitriles is 1. The molecular formula is C8H10BN4O4. The lowest BCUT2D eigenvalue weighted by Crippen LogP contribution is -2.55. The van der Waals surface area contributed by atoms with Gasteiger partial charge >= 0.3 is 24.7 Å². The third-order valence-electron chi connectivity index (χ3n) is 1.91. The number of nitrogens with one attached hydrogen (secondary N) is 1. The summed E-state index contributed by atoms with van der Waals surface area (Å²) < 4.78 is 5.56. The third-order valence-corrected chi connectivity index (χ3v) is 1.91. The molecule has 0 aliphatic carbocycles. The molecule has 0 aliphatic heterocycles. The third kappa shape index (κ3) is 2.47. The van der Waals surface area contributed by atoms with Crippen molar-refractivity contribution in [1.29, 1.82) is 5.26 Å². The van der Waals surface area contributed by atoms with Crippen molar-refractivity contribution >= 4 is 7.62 Å². The van der Waals surface area contributed by atoms with E-state index in [2.05, 4.69) is 4.65 Å². The molecule has 0 amide bonds. The van der Waals surface area contributed by atoms with Gasteiger partial charge in [-0.05, 0) is 20.8 Å². The molecule has 0 atom stereocenters. The van der Waals surface area contributed by atoms with E-state index >= 15 is 0 Å². The summed E-state index contributed by atoms with van der Waals surface area (Å²) in [4.78, 5) is 36.6. The van der Waals surface area contributed by atoms with Crippen LogP contribution in [-0.4, -0.2) is 21.6 Å². The van der Waals surface area contributed by atoms with Crippen molar-refractivity contribution in [3.8, 4) is 6.26 Å². The summed E-state index contributed by atoms with van der Waals surface area (Å²) in [5, 5.41) is 8.19. The SMILES string of the molecule is CC(C)(C)n1c(=O)[nH]c(=O)n([B]OC#N)c1=O. The molecule has 0 spiro atoms. The van der Waals surface area contributed by atoms with Crippen LogP contribution in [0.5, 0.6) is 0 Å². The predicted octanol–water partition coefficient (Wildman–Crippen LogP) is -1.67. The predicted molar refractivity (Wildman–Crippen MR) is 58.4 cm³/mol. The second kappa shape index (κ2) is 4.33. The fourth-order valence-electron chi connectivity index (χ4n) is 1.25. The van der Waals surface area contributed by atoms with Crippen molar-refractivity contribution in [3.05, 3.63) is 31.5 Å². The summed E-state index contributed by atoms with van der Waals surface area (Å²) in [7, 11) is 0.642. The zero-order valence-electron chi connectivity index (χ0n) is 9.55. The van der Waals surface area contributed by atoms with Crippen LogP contribution in [-0.2, 0) is 10.2 Å². The van der Waals surface area contributed by atoms with Gasteiger partial charge in [0.05, 0.1) is 0 Å². The molecular weight excluding hydrogens is 227 g/mol. The van der Waals surface area contributed by atoms with Crippen LogP contribution in [0.4, 0.5) is 0 Å². The lowest BCUT2D eigenvalue weighted by Gasteiger charge is -2.20. The van der Waals surface area contributed by atoms with Crippen LogP contribution in [0, 0.1) is 11.5 Å². The first-order valence-electron chi connectivity index (χ1n) is 4.65. The molecule has 0 saturated carbocycles.